The molecule has 5 atom stereocenters. The Morgan fingerprint density at radius 2 is 1.93 bits per heavy atom. The van der Waals surface area contributed by atoms with E-state index in [2.05, 4.69) is 0 Å². The average Bonchev–Trinajstić information content (AvgIpc) is 2.67. The van der Waals surface area contributed by atoms with E-state index in [0.717, 1.165) is 5.56 Å². The zero-order chi connectivity index (χ0) is 22.1. The Hall–Kier alpha value is -2.91. The lowest BCUT2D eigenvalue weighted by atomic mass is 9.56. The Kier molecular flexibility index (Phi) is 4.44. The van der Waals surface area contributed by atoms with Crippen molar-refractivity contribution in [2.45, 2.75) is 44.3 Å². The second-order valence-corrected chi connectivity index (χ2v) is 8.42. The van der Waals surface area contributed by atoms with Gasteiger partial charge in [-0.05, 0) is 48.8 Å². The summed E-state index contributed by atoms with van der Waals surface area (Å²) in [5, 5.41) is 42.8. The summed E-state index contributed by atoms with van der Waals surface area (Å²) in [6.45, 7) is 1.90. The van der Waals surface area contributed by atoms with Crippen molar-refractivity contribution in [1.82, 2.24) is 0 Å². The number of carbonyl (C=O) groups excluding carboxylic acids is 3. The third kappa shape index (κ3) is 2.45. The number of hydrogen-bond donors (Lipinski definition) is 6. The second kappa shape index (κ2) is 6.55. The van der Waals surface area contributed by atoms with Crippen LogP contribution >= 0.6 is 0 Å². The molecule has 0 heterocycles. The summed E-state index contributed by atoms with van der Waals surface area (Å²) in [6.07, 6.45) is -0.511. The number of phenols is 1. The highest BCUT2D eigenvalue weighted by Gasteiger charge is 2.63. The number of nitrogens with two attached hydrogens (primary N) is 2. The molecule has 2 unspecified atom stereocenters. The highest BCUT2D eigenvalue weighted by molar-refractivity contribution is 6.24. The van der Waals surface area contributed by atoms with E-state index in [-0.39, 0.29) is 35.4 Å². The van der Waals surface area contributed by atoms with Crippen LogP contribution in [0.4, 0.5) is 5.69 Å². The second-order valence-electron chi connectivity index (χ2n) is 8.42. The molecule has 8 N–H and O–H groups in total. The van der Waals surface area contributed by atoms with E-state index in [1.165, 1.54) is 0 Å². The molecule has 1 aromatic rings. The molecule has 0 radical (unpaired) electrons. The number of aryl methyl sites for hydroxylation is 1. The molecule has 3 aliphatic carbocycles. The van der Waals surface area contributed by atoms with Crippen LogP contribution in [0.5, 0.6) is 5.75 Å². The van der Waals surface area contributed by atoms with Crippen LogP contribution < -0.4 is 11.5 Å². The molecule has 160 valence electrons. The Bertz CT molecular complexity index is 1030. The van der Waals surface area contributed by atoms with Gasteiger partial charge in [-0.3, -0.25) is 14.4 Å². The molecule has 2 fully saturated rings. The van der Waals surface area contributed by atoms with Crippen LogP contribution in [0.25, 0.3) is 5.76 Å². The van der Waals surface area contributed by atoms with Gasteiger partial charge in [0.25, 0.3) is 0 Å². The number of nitrogen functional groups attached to an aromatic ring is 1. The molecule has 9 nitrogen and oxygen atoms in total. The summed E-state index contributed by atoms with van der Waals surface area (Å²) < 4.78 is 0. The topological polar surface area (TPSA) is 184 Å². The van der Waals surface area contributed by atoms with Crippen LogP contribution in [0.15, 0.2) is 11.6 Å². The van der Waals surface area contributed by atoms with Gasteiger partial charge in [-0.2, -0.15) is 0 Å². The number of aliphatic hydroxyl groups is 3. The standard InChI is InChI=1S/C21H24N2O7/c1-2-7-5-11(22)16(25)14-10(7)4-8-3-9-6-12(24)15(20(23)29)19(28)21(9,30)18(27)13(8)17(14)26/h5,8-9,12,15,24-26,30H,2-4,6,22H2,1H3,(H2,23,29)/t8-,9+,12?,15?,21+/m1/s1. The minimum absolute atomic E-state index is 0.0308. The third-order valence-corrected chi connectivity index (χ3v) is 6.89. The maximum Gasteiger partial charge on any atom is 0.230 e. The highest BCUT2D eigenvalue weighted by Crippen LogP contribution is 2.52. The summed E-state index contributed by atoms with van der Waals surface area (Å²) in [5.74, 6) is -7.33. The van der Waals surface area contributed by atoms with Gasteiger partial charge >= 0.3 is 0 Å². The smallest absolute Gasteiger partial charge is 0.230 e. The van der Waals surface area contributed by atoms with E-state index < -0.39 is 52.7 Å². The van der Waals surface area contributed by atoms with Crippen molar-refractivity contribution in [2.24, 2.45) is 23.5 Å². The van der Waals surface area contributed by atoms with Gasteiger partial charge in [0.15, 0.2) is 11.4 Å². The van der Waals surface area contributed by atoms with Crippen molar-refractivity contribution < 1.29 is 34.8 Å². The predicted octanol–water partition coefficient (Wildman–Crippen LogP) is -0.266. The van der Waals surface area contributed by atoms with E-state index in [4.69, 9.17) is 11.5 Å². The van der Waals surface area contributed by atoms with E-state index in [9.17, 15) is 34.8 Å². The lowest BCUT2D eigenvalue weighted by Gasteiger charge is -2.48. The van der Waals surface area contributed by atoms with Crippen LogP contribution in [0, 0.1) is 17.8 Å². The van der Waals surface area contributed by atoms with Gasteiger partial charge in [-0.1, -0.05) is 6.92 Å². The molecular weight excluding hydrogens is 392 g/mol. The van der Waals surface area contributed by atoms with Crippen LogP contribution in [-0.4, -0.2) is 49.6 Å². The summed E-state index contributed by atoms with van der Waals surface area (Å²) in [5.41, 5.74) is 9.88. The summed E-state index contributed by atoms with van der Waals surface area (Å²) >= 11 is 0. The number of primary amides is 1. The maximum atomic E-state index is 13.3. The van der Waals surface area contributed by atoms with Gasteiger partial charge in [0.05, 0.1) is 17.4 Å². The summed E-state index contributed by atoms with van der Waals surface area (Å²) in [6, 6.07) is 1.62. The number of aliphatic hydroxyl groups excluding tert-OH is 2. The SMILES string of the molecule is CCc1cc(N)c(O)c2c1C[C@H]1C[C@H]3CC(O)C(C(N)=O)C(=O)[C@@]3(O)C(=O)C1=C2O. The first-order chi connectivity index (χ1) is 14.0. The fraction of sp³-hybridized carbons (Fsp3) is 0.476. The first kappa shape index (κ1) is 20.4. The molecule has 0 saturated heterocycles. The lowest BCUT2D eigenvalue weighted by Crippen LogP contribution is -2.66. The number of Topliss-reactive ketones (excluding diaryl/α,β-unsaturated/α-hetero) is 2. The van der Waals surface area contributed by atoms with Crippen LogP contribution in [0.2, 0.25) is 0 Å². The quantitative estimate of drug-likeness (QED) is 0.216. The van der Waals surface area contributed by atoms with Gasteiger partial charge in [0.2, 0.25) is 11.7 Å². The first-order valence-corrected chi connectivity index (χ1v) is 9.89. The average molecular weight is 416 g/mol. The maximum absolute atomic E-state index is 13.3. The Morgan fingerprint density at radius 1 is 1.27 bits per heavy atom. The molecule has 0 aromatic heterocycles. The molecular formula is C21H24N2O7. The molecule has 1 amide bonds. The molecule has 30 heavy (non-hydrogen) atoms. The number of amides is 1. The van der Waals surface area contributed by atoms with Crippen molar-refractivity contribution in [3.63, 3.8) is 0 Å². The molecule has 0 aliphatic heterocycles. The zero-order valence-electron chi connectivity index (χ0n) is 16.4. The van der Waals surface area contributed by atoms with Crippen molar-refractivity contribution in [3.05, 3.63) is 28.3 Å². The van der Waals surface area contributed by atoms with Crippen LogP contribution in [0.3, 0.4) is 0 Å². The number of aromatic hydroxyl groups is 1. The van der Waals surface area contributed by atoms with E-state index in [1.807, 2.05) is 6.92 Å². The van der Waals surface area contributed by atoms with Crippen LogP contribution in [0.1, 0.15) is 36.5 Å². The zero-order valence-corrected chi connectivity index (χ0v) is 16.4. The largest absolute Gasteiger partial charge is 0.507 e. The van der Waals surface area contributed by atoms with E-state index in [0.29, 0.717) is 18.4 Å². The van der Waals surface area contributed by atoms with Crippen molar-refractivity contribution in [3.8, 4) is 5.75 Å². The highest BCUT2D eigenvalue weighted by atomic mass is 16.3. The minimum atomic E-state index is -2.57. The normalized spacial score (nSPS) is 33.0. The van der Waals surface area contributed by atoms with Crippen LogP contribution in [-0.2, 0) is 27.2 Å². The monoisotopic (exact) mass is 416 g/mol. The number of ketones is 2. The number of hydrogen-bond acceptors (Lipinski definition) is 8. The molecule has 1 aromatic carbocycles. The minimum Gasteiger partial charge on any atom is -0.507 e. The summed E-state index contributed by atoms with van der Waals surface area (Å²) in [4.78, 5) is 37.9. The number of phenolic OH excluding ortho intramolecular Hbond substituents is 1. The molecule has 0 spiro atoms. The molecule has 3 aliphatic rings. The third-order valence-electron chi connectivity index (χ3n) is 6.89. The van der Waals surface area contributed by atoms with Crippen molar-refractivity contribution in [2.75, 3.05) is 5.73 Å². The molecule has 0 bridgehead atoms. The fourth-order valence-electron chi connectivity index (χ4n) is 5.41. The number of carbonyl (C=O) groups is 3. The fourth-order valence-corrected chi connectivity index (χ4v) is 5.41. The van der Waals surface area contributed by atoms with Gasteiger partial charge in [-0.25, -0.2) is 0 Å². The van der Waals surface area contributed by atoms with Gasteiger partial charge in [0, 0.05) is 11.5 Å². The predicted molar refractivity (Wildman–Crippen MR) is 105 cm³/mol. The van der Waals surface area contributed by atoms with Crippen molar-refractivity contribution in [1.29, 1.82) is 0 Å². The molecule has 2 saturated carbocycles. The number of rotatable bonds is 2. The van der Waals surface area contributed by atoms with E-state index >= 15 is 0 Å². The Labute approximate surface area is 172 Å². The number of fused-ring (bicyclic) bond motifs is 3. The van der Waals surface area contributed by atoms with Gasteiger partial charge in [0.1, 0.15) is 17.4 Å². The Morgan fingerprint density at radius 3 is 2.53 bits per heavy atom. The molecule has 9 heteroatoms. The lowest BCUT2D eigenvalue weighted by molar-refractivity contribution is -0.174. The number of benzene rings is 1. The number of anilines is 1. The first-order valence-electron chi connectivity index (χ1n) is 9.89. The molecule has 4 rings (SSSR count). The van der Waals surface area contributed by atoms with E-state index in [1.54, 1.807) is 6.07 Å². The summed E-state index contributed by atoms with van der Waals surface area (Å²) in [7, 11) is 0. The Balaban J connectivity index is 1.90. The van der Waals surface area contributed by atoms with Crippen molar-refractivity contribution >= 4 is 28.9 Å². The van der Waals surface area contributed by atoms with Gasteiger partial charge < -0.3 is 31.9 Å². The van der Waals surface area contributed by atoms with Gasteiger partial charge in [-0.15, -0.1) is 0 Å².